The Morgan fingerprint density at radius 3 is 2.71 bits per heavy atom. The highest BCUT2D eigenvalue weighted by molar-refractivity contribution is 7.91. The van der Waals surface area contributed by atoms with E-state index in [1.54, 1.807) is 0 Å². The summed E-state index contributed by atoms with van der Waals surface area (Å²) < 4.78 is 22.9. The summed E-state index contributed by atoms with van der Waals surface area (Å²) in [6.07, 6.45) is 0.847. The van der Waals surface area contributed by atoms with Crippen LogP contribution in [0.15, 0.2) is 0 Å². The molecule has 2 aliphatic heterocycles. The van der Waals surface area contributed by atoms with Crippen LogP contribution >= 0.6 is 0 Å². The van der Waals surface area contributed by atoms with Crippen molar-refractivity contribution in [1.29, 1.82) is 0 Å². The summed E-state index contributed by atoms with van der Waals surface area (Å²) in [5.74, 6) is 1.13. The molecule has 0 amide bonds. The predicted molar refractivity (Wildman–Crippen MR) is 69.9 cm³/mol. The predicted octanol–water partition coefficient (Wildman–Crippen LogP) is 0.493. The number of piperazine rings is 1. The zero-order valence-corrected chi connectivity index (χ0v) is 11.9. The van der Waals surface area contributed by atoms with Gasteiger partial charge < -0.3 is 5.32 Å². The van der Waals surface area contributed by atoms with Crippen molar-refractivity contribution in [2.24, 2.45) is 5.92 Å². The molecule has 5 heteroatoms. The summed E-state index contributed by atoms with van der Waals surface area (Å²) in [4.78, 5) is 2.45. The van der Waals surface area contributed by atoms with E-state index in [1.807, 2.05) is 0 Å². The number of hydrogen-bond acceptors (Lipinski definition) is 4. The van der Waals surface area contributed by atoms with Crippen molar-refractivity contribution in [2.75, 3.05) is 31.1 Å². The molecule has 2 fully saturated rings. The van der Waals surface area contributed by atoms with Crippen LogP contribution in [-0.2, 0) is 9.84 Å². The van der Waals surface area contributed by atoms with Gasteiger partial charge in [-0.1, -0.05) is 0 Å². The number of sulfone groups is 1. The van der Waals surface area contributed by atoms with Crippen molar-refractivity contribution >= 4 is 9.84 Å². The van der Waals surface area contributed by atoms with E-state index in [1.165, 1.54) is 0 Å². The molecule has 17 heavy (non-hydrogen) atoms. The Hall–Kier alpha value is -0.130. The van der Waals surface area contributed by atoms with Crippen molar-refractivity contribution in [1.82, 2.24) is 10.2 Å². The highest BCUT2D eigenvalue weighted by atomic mass is 32.2. The molecule has 0 aromatic rings. The quantitative estimate of drug-likeness (QED) is 0.785. The first-order chi connectivity index (χ1) is 7.77. The molecular formula is C12H24N2O2S. The van der Waals surface area contributed by atoms with Gasteiger partial charge in [0.15, 0.2) is 9.84 Å². The van der Waals surface area contributed by atoms with Gasteiger partial charge in [-0.15, -0.1) is 0 Å². The summed E-state index contributed by atoms with van der Waals surface area (Å²) in [7, 11) is -2.73. The summed E-state index contributed by atoms with van der Waals surface area (Å²) in [5.41, 5.74) is 0.143. The topological polar surface area (TPSA) is 49.4 Å². The summed E-state index contributed by atoms with van der Waals surface area (Å²) in [6.45, 7) is 9.56. The van der Waals surface area contributed by atoms with Crippen molar-refractivity contribution in [3.63, 3.8) is 0 Å². The molecule has 0 spiro atoms. The molecule has 0 radical (unpaired) electrons. The first-order valence-corrected chi connectivity index (χ1v) is 8.29. The average molecular weight is 260 g/mol. The van der Waals surface area contributed by atoms with E-state index in [-0.39, 0.29) is 5.54 Å². The lowest BCUT2D eigenvalue weighted by Gasteiger charge is -2.44. The SMILES string of the molecule is CC1CNC(C)(C)CN1CC1CCS(=O)(=O)C1. The van der Waals surface area contributed by atoms with E-state index in [0.717, 1.165) is 26.1 Å². The fourth-order valence-corrected chi connectivity index (χ4v) is 4.71. The summed E-state index contributed by atoms with van der Waals surface area (Å²) in [5, 5.41) is 3.52. The highest BCUT2D eigenvalue weighted by Crippen LogP contribution is 2.23. The van der Waals surface area contributed by atoms with Gasteiger partial charge in [-0.2, -0.15) is 0 Å². The molecule has 2 saturated heterocycles. The molecule has 0 aliphatic carbocycles. The lowest BCUT2D eigenvalue weighted by Crippen LogP contribution is -2.61. The van der Waals surface area contributed by atoms with Gasteiger partial charge in [0.25, 0.3) is 0 Å². The Morgan fingerprint density at radius 1 is 1.41 bits per heavy atom. The van der Waals surface area contributed by atoms with Crippen molar-refractivity contribution in [3.8, 4) is 0 Å². The van der Waals surface area contributed by atoms with Crippen LogP contribution in [-0.4, -0.2) is 56.0 Å². The third-order valence-corrected chi connectivity index (χ3v) is 5.75. The Kier molecular flexibility index (Phi) is 3.54. The Morgan fingerprint density at radius 2 is 2.12 bits per heavy atom. The molecule has 100 valence electrons. The minimum Gasteiger partial charge on any atom is -0.309 e. The fraction of sp³-hybridized carbons (Fsp3) is 1.00. The van der Waals surface area contributed by atoms with Crippen LogP contribution in [0.25, 0.3) is 0 Å². The van der Waals surface area contributed by atoms with Crippen molar-refractivity contribution in [3.05, 3.63) is 0 Å². The molecule has 4 nitrogen and oxygen atoms in total. The van der Waals surface area contributed by atoms with Gasteiger partial charge in [0.1, 0.15) is 0 Å². The minimum atomic E-state index is -2.73. The minimum absolute atomic E-state index is 0.143. The Bertz CT molecular complexity index is 378. The molecule has 2 rings (SSSR count). The van der Waals surface area contributed by atoms with E-state index in [9.17, 15) is 8.42 Å². The molecule has 2 heterocycles. The van der Waals surface area contributed by atoms with Crippen LogP contribution in [0.1, 0.15) is 27.2 Å². The van der Waals surface area contributed by atoms with Crippen molar-refractivity contribution in [2.45, 2.75) is 38.8 Å². The summed E-state index contributed by atoms with van der Waals surface area (Å²) in [6, 6.07) is 0.506. The second kappa shape index (κ2) is 4.52. The second-order valence-corrected chi connectivity index (χ2v) is 8.54. The van der Waals surface area contributed by atoms with E-state index in [4.69, 9.17) is 0 Å². The van der Waals surface area contributed by atoms with E-state index >= 15 is 0 Å². The van der Waals surface area contributed by atoms with Gasteiger partial charge in [-0.05, 0) is 33.1 Å². The number of nitrogens with zero attached hydrogens (tertiary/aromatic N) is 1. The average Bonchev–Trinajstić information content (AvgIpc) is 2.52. The van der Waals surface area contributed by atoms with Crippen LogP contribution in [0.4, 0.5) is 0 Å². The maximum atomic E-state index is 11.5. The molecule has 0 aromatic carbocycles. The van der Waals surface area contributed by atoms with Crippen LogP contribution in [0.2, 0.25) is 0 Å². The number of rotatable bonds is 2. The molecule has 2 aliphatic rings. The van der Waals surface area contributed by atoms with E-state index in [0.29, 0.717) is 23.5 Å². The van der Waals surface area contributed by atoms with Gasteiger partial charge in [-0.25, -0.2) is 8.42 Å². The van der Waals surface area contributed by atoms with Crippen LogP contribution in [0.5, 0.6) is 0 Å². The molecule has 2 unspecified atom stereocenters. The highest BCUT2D eigenvalue weighted by Gasteiger charge is 2.34. The van der Waals surface area contributed by atoms with Crippen LogP contribution < -0.4 is 5.32 Å². The van der Waals surface area contributed by atoms with Gasteiger partial charge in [0.2, 0.25) is 0 Å². The zero-order valence-electron chi connectivity index (χ0n) is 11.1. The summed E-state index contributed by atoms with van der Waals surface area (Å²) >= 11 is 0. The van der Waals surface area contributed by atoms with Gasteiger partial charge in [-0.3, -0.25) is 4.90 Å². The lowest BCUT2D eigenvalue weighted by molar-refractivity contribution is 0.0914. The molecule has 0 aromatic heterocycles. The Labute approximate surface area is 105 Å². The van der Waals surface area contributed by atoms with Crippen LogP contribution in [0.3, 0.4) is 0 Å². The van der Waals surface area contributed by atoms with Crippen LogP contribution in [0, 0.1) is 5.92 Å². The third-order valence-electron chi connectivity index (χ3n) is 3.92. The first kappa shape index (κ1) is 13.3. The molecular weight excluding hydrogens is 236 g/mol. The fourth-order valence-electron chi connectivity index (χ4n) is 2.86. The maximum absolute atomic E-state index is 11.5. The smallest absolute Gasteiger partial charge is 0.150 e. The van der Waals surface area contributed by atoms with Gasteiger partial charge in [0, 0.05) is 31.2 Å². The molecule has 0 saturated carbocycles. The van der Waals surface area contributed by atoms with E-state index < -0.39 is 9.84 Å². The Balaban J connectivity index is 1.94. The van der Waals surface area contributed by atoms with Gasteiger partial charge >= 0.3 is 0 Å². The second-order valence-electron chi connectivity index (χ2n) is 6.31. The largest absolute Gasteiger partial charge is 0.309 e. The van der Waals surface area contributed by atoms with Gasteiger partial charge in [0.05, 0.1) is 11.5 Å². The monoisotopic (exact) mass is 260 g/mol. The zero-order chi connectivity index (χ0) is 12.7. The standard InChI is InChI=1S/C12H24N2O2S/c1-10-6-13-12(2,3)9-14(10)7-11-4-5-17(15,16)8-11/h10-11,13H,4-9H2,1-3H3. The molecule has 0 bridgehead atoms. The normalized spacial score (nSPS) is 37.1. The molecule has 1 N–H and O–H groups in total. The first-order valence-electron chi connectivity index (χ1n) is 6.47. The number of hydrogen-bond donors (Lipinski definition) is 1. The maximum Gasteiger partial charge on any atom is 0.150 e. The molecule has 2 atom stereocenters. The van der Waals surface area contributed by atoms with E-state index in [2.05, 4.69) is 31.0 Å². The number of nitrogens with one attached hydrogen (secondary N) is 1. The third kappa shape index (κ3) is 3.42. The lowest BCUT2D eigenvalue weighted by atomic mass is 9.97. The van der Waals surface area contributed by atoms with Crippen molar-refractivity contribution < 1.29 is 8.42 Å².